The van der Waals surface area contributed by atoms with Gasteiger partial charge in [-0.05, 0) is 46.1 Å². The summed E-state index contributed by atoms with van der Waals surface area (Å²) in [4.78, 5) is 10.6. The summed E-state index contributed by atoms with van der Waals surface area (Å²) in [6, 6.07) is 11.9. The molecule has 0 fully saturated rings. The Morgan fingerprint density at radius 2 is 1.92 bits per heavy atom. The van der Waals surface area contributed by atoms with Gasteiger partial charge < -0.3 is 19.9 Å². The summed E-state index contributed by atoms with van der Waals surface area (Å²) in [6.45, 7) is 2.82. The van der Waals surface area contributed by atoms with Gasteiger partial charge in [-0.15, -0.1) is 0 Å². The SMILES string of the molecule is COc1cc(CNCC(=O)O)cc(Br)c1OCc1ccc(C)cc1. The lowest BCUT2D eigenvalue weighted by molar-refractivity contribution is -0.135. The first-order chi connectivity index (χ1) is 11.5. The number of carboxylic acid groups (broad SMARTS) is 1. The molecule has 2 N–H and O–H groups in total. The van der Waals surface area contributed by atoms with Gasteiger partial charge in [-0.3, -0.25) is 4.79 Å². The molecule has 0 saturated heterocycles. The molecule has 0 aliphatic carbocycles. The maximum absolute atomic E-state index is 10.6. The van der Waals surface area contributed by atoms with Gasteiger partial charge in [-0.1, -0.05) is 29.8 Å². The number of rotatable bonds is 8. The highest BCUT2D eigenvalue weighted by atomic mass is 79.9. The number of methoxy groups -OCH3 is 1. The zero-order valence-electron chi connectivity index (χ0n) is 13.6. The third-order valence-corrected chi connectivity index (χ3v) is 3.99. The maximum Gasteiger partial charge on any atom is 0.317 e. The van der Waals surface area contributed by atoms with Crippen LogP contribution in [0.4, 0.5) is 0 Å². The van der Waals surface area contributed by atoms with E-state index < -0.39 is 5.97 Å². The summed E-state index contributed by atoms with van der Waals surface area (Å²) in [6.07, 6.45) is 0. The van der Waals surface area contributed by atoms with Crippen LogP contribution in [0.25, 0.3) is 0 Å². The molecule has 0 atom stereocenters. The maximum atomic E-state index is 10.6. The fourth-order valence-electron chi connectivity index (χ4n) is 2.17. The summed E-state index contributed by atoms with van der Waals surface area (Å²) in [5.74, 6) is 0.336. The first-order valence-corrected chi connectivity index (χ1v) is 8.26. The summed E-state index contributed by atoms with van der Waals surface area (Å²) in [7, 11) is 1.58. The van der Waals surface area contributed by atoms with E-state index in [1.807, 2.05) is 43.3 Å². The highest BCUT2D eigenvalue weighted by molar-refractivity contribution is 9.10. The van der Waals surface area contributed by atoms with Crippen LogP contribution in [-0.4, -0.2) is 24.7 Å². The topological polar surface area (TPSA) is 67.8 Å². The Morgan fingerprint density at radius 3 is 2.54 bits per heavy atom. The molecule has 24 heavy (non-hydrogen) atoms. The van der Waals surface area contributed by atoms with E-state index in [0.717, 1.165) is 15.6 Å². The van der Waals surface area contributed by atoms with E-state index in [0.29, 0.717) is 24.7 Å². The monoisotopic (exact) mass is 393 g/mol. The van der Waals surface area contributed by atoms with E-state index in [2.05, 4.69) is 21.2 Å². The van der Waals surface area contributed by atoms with Crippen molar-refractivity contribution in [2.24, 2.45) is 0 Å². The van der Waals surface area contributed by atoms with E-state index in [4.69, 9.17) is 14.6 Å². The largest absolute Gasteiger partial charge is 0.493 e. The van der Waals surface area contributed by atoms with Crippen LogP contribution in [0.15, 0.2) is 40.9 Å². The van der Waals surface area contributed by atoms with Gasteiger partial charge in [0.1, 0.15) is 6.61 Å². The molecule has 2 aromatic rings. The molecule has 0 radical (unpaired) electrons. The van der Waals surface area contributed by atoms with Crippen molar-refractivity contribution < 1.29 is 19.4 Å². The van der Waals surface area contributed by atoms with Gasteiger partial charge in [0.2, 0.25) is 0 Å². The zero-order valence-corrected chi connectivity index (χ0v) is 15.2. The zero-order chi connectivity index (χ0) is 17.5. The number of halogens is 1. The number of nitrogens with one attached hydrogen (secondary N) is 1. The molecule has 0 aliphatic rings. The van der Waals surface area contributed by atoms with Crippen LogP contribution in [-0.2, 0) is 17.9 Å². The van der Waals surface area contributed by atoms with Gasteiger partial charge in [-0.25, -0.2) is 0 Å². The summed E-state index contributed by atoms with van der Waals surface area (Å²) < 4.78 is 12.1. The average molecular weight is 394 g/mol. The molecule has 6 heteroatoms. The third kappa shape index (κ3) is 5.25. The molecule has 0 aliphatic heterocycles. The van der Waals surface area contributed by atoms with Crippen LogP contribution in [0.3, 0.4) is 0 Å². The Labute approximate surface area is 149 Å². The lowest BCUT2D eigenvalue weighted by atomic mass is 10.1. The predicted octanol–water partition coefficient (Wildman–Crippen LogP) is 3.52. The van der Waals surface area contributed by atoms with Crippen LogP contribution in [0, 0.1) is 6.92 Å². The van der Waals surface area contributed by atoms with Gasteiger partial charge in [0.15, 0.2) is 11.5 Å². The van der Waals surface area contributed by atoms with Crippen molar-refractivity contribution in [3.05, 3.63) is 57.6 Å². The molecule has 0 aromatic heterocycles. The summed E-state index contributed by atoms with van der Waals surface area (Å²) in [5.41, 5.74) is 3.18. The summed E-state index contributed by atoms with van der Waals surface area (Å²) in [5, 5.41) is 11.5. The quantitative estimate of drug-likeness (QED) is 0.717. The molecule has 2 aromatic carbocycles. The Morgan fingerprint density at radius 1 is 1.21 bits per heavy atom. The van der Waals surface area contributed by atoms with Crippen LogP contribution in [0.5, 0.6) is 11.5 Å². The number of carbonyl (C=O) groups is 1. The fourth-order valence-corrected chi connectivity index (χ4v) is 2.77. The molecule has 5 nitrogen and oxygen atoms in total. The smallest absolute Gasteiger partial charge is 0.317 e. The van der Waals surface area contributed by atoms with E-state index in [1.54, 1.807) is 7.11 Å². The highest BCUT2D eigenvalue weighted by Gasteiger charge is 2.12. The second kappa shape index (κ2) is 8.70. The van der Waals surface area contributed by atoms with Crippen molar-refractivity contribution >= 4 is 21.9 Å². The van der Waals surface area contributed by atoms with Gasteiger partial charge in [-0.2, -0.15) is 0 Å². The third-order valence-electron chi connectivity index (χ3n) is 3.40. The number of aliphatic carboxylic acids is 1. The molecule has 0 bridgehead atoms. The van der Waals surface area contributed by atoms with Crippen LogP contribution in [0.2, 0.25) is 0 Å². The standard InChI is InChI=1S/C18H20BrNO4/c1-12-3-5-13(6-4-12)11-24-18-15(19)7-14(8-16(18)23-2)9-20-10-17(21)22/h3-8,20H,9-11H2,1-2H3,(H,21,22). The number of aryl methyl sites for hydroxylation is 1. The van der Waals surface area contributed by atoms with Crippen molar-refractivity contribution in [1.82, 2.24) is 5.32 Å². The molecule has 0 amide bonds. The molecule has 2 rings (SSSR count). The molecular formula is C18H20BrNO4. The van der Waals surface area contributed by atoms with Crippen LogP contribution in [0.1, 0.15) is 16.7 Å². The number of carboxylic acids is 1. The Bertz CT molecular complexity index is 701. The molecule has 0 heterocycles. The lowest BCUT2D eigenvalue weighted by Gasteiger charge is -2.15. The van der Waals surface area contributed by atoms with Gasteiger partial charge in [0.05, 0.1) is 18.1 Å². The Kier molecular flexibility index (Phi) is 6.63. The first kappa shape index (κ1) is 18.3. The molecule has 0 unspecified atom stereocenters. The minimum atomic E-state index is -0.890. The van der Waals surface area contributed by atoms with Crippen molar-refractivity contribution in [1.29, 1.82) is 0 Å². The lowest BCUT2D eigenvalue weighted by Crippen LogP contribution is -2.21. The van der Waals surface area contributed by atoms with Crippen molar-refractivity contribution in [2.45, 2.75) is 20.1 Å². The van der Waals surface area contributed by atoms with Crippen molar-refractivity contribution in [3.63, 3.8) is 0 Å². The second-order valence-corrected chi connectivity index (χ2v) is 6.23. The predicted molar refractivity (Wildman–Crippen MR) is 95.5 cm³/mol. The minimum Gasteiger partial charge on any atom is -0.493 e. The fraction of sp³-hybridized carbons (Fsp3) is 0.278. The molecule has 0 saturated carbocycles. The normalized spacial score (nSPS) is 10.5. The van der Waals surface area contributed by atoms with E-state index in [-0.39, 0.29) is 6.54 Å². The molecular weight excluding hydrogens is 374 g/mol. The van der Waals surface area contributed by atoms with Gasteiger partial charge in [0, 0.05) is 6.54 Å². The van der Waals surface area contributed by atoms with Crippen LogP contribution < -0.4 is 14.8 Å². The van der Waals surface area contributed by atoms with Crippen LogP contribution >= 0.6 is 15.9 Å². The Hall–Kier alpha value is -2.05. The number of ether oxygens (including phenoxy) is 2. The summed E-state index contributed by atoms with van der Waals surface area (Å²) >= 11 is 3.50. The van der Waals surface area contributed by atoms with E-state index >= 15 is 0 Å². The average Bonchev–Trinajstić information content (AvgIpc) is 2.54. The van der Waals surface area contributed by atoms with Crippen molar-refractivity contribution in [2.75, 3.05) is 13.7 Å². The van der Waals surface area contributed by atoms with E-state index in [1.165, 1.54) is 5.56 Å². The van der Waals surface area contributed by atoms with Crippen molar-refractivity contribution in [3.8, 4) is 11.5 Å². The second-order valence-electron chi connectivity index (χ2n) is 5.38. The van der Waals surface area contributed by atoms with E-state index in [9.17, 15) is 4.79 Å². The minimum absolute atomic E-state index is 0.0917. The number of hydrogen-bond acceptors (Lipinski definition) is 4. The number of hydrogen-bond donors (Lipinski definition) is 2. The first-order valence-electron chi connectivity index (χ1n) is 7.47. The van der Waals surface area contributed by atoms with Gasteiger partial charge >= 0.3 is 5.97 Å². The Balaban J connectivity index is 2.08. The number of benzene rings is 2. The molecule has 128 valence electrons. The highest BCUT2D eigenvalue weighted by Crippen LogP contribution is 2.37. The van der Waals surface area contributed by atoms with Gasteiger partial charge in [0.25, 0.3) is 0 Å². The molecule has 0 spiro atoms.